The summed E-state index contributed by atoms with van der Waals surface area (Å²) in [7, 11) is 0. The molecule has 0 bridgehead atoms. The number of hydrogen-bond acceptors (Lipinski definition) is 3. The molecule has 4 nitrogen and oxygen atoms in total. The number of pyridine rings is 1. The third-order valence-corrected chi connectivity index (χ3v) is 5.52. The fourth-order valence-electron chi connectivity index (χ4n) is 2.92. The van der Waals surface area contributed by atoms with Crippen LogP contribution in [0.5, 0.6) is 0 Å². The second-order valence-electron chi connectivity index (χ2n) is 6.04. The van der Waals surface area contributed by atoms with Crippen molar-refractivity contribution >= 4 is 50.0 Å². The van der Waals surface area contributed by atoms with Crippen LogP contribution in [0.2, 0.25) is 5.02 Å². The normalized spacial score (nSPS) is 11.8. The lowest BCUT2D eigenvalue weighted by atomic mass is 10.1. The summed E-state index contributed by atoms with van der Waals surface area (Å²) in [5, 5.41) is 1.48. The summed E-state index contributed by atoms with van der Waals surface area (Å²) >= 11 is 7.72. The highest BCUT2D eigenvalue weighted by Crippen LogP contribution is 2.25. The van der Waals surface area contributed by atoms with Crippen LogP contribution in [0, 0.1) is 19.3 Å². The molecule has 4 aromatic rings. The number of amides is 1. The maximum Gasteiger partial charge on any atom is 0.279 e. The number of terminal acetylenes is 1. The average molecular weight is 392 g/mol. The Balaban J connectivity index is 1.85. The van der Waals surface area contributed by atoms with Crippen LogP contribution in [0.4, 0.5) is 0 Å². The first-order chi connectivity index (χ1) is 13.1. The van der Waals surface area contributed by atoms with E-state index in [1.165, 1.54) is 11.3 Å². The Kier molecular flexibility index (Phi) is 4.53. The summed E-state index contributed by atoms with van der Waals surface area (Å²) in [6, 6.07) is 14.9. The average Bonchev–Trinajstić information content (AvgIpc) is 3.00. The molecule has 2 heterocycles. The Bertz CT molecular complexity index is 1310. The van der Waals surface area contributed by atoms with Crippen molar-refractivity contribution < 1.29 is 4.79 Å². The number of fused-ring (bicyclic) bond motifs is 2. The van der Waals surface area contributed by atoms with Crippen molar-refractivity contribution in [2.24, 2.45) is 4.99 Å². The minimum Gasteiger partial charge on any atom is -0.303 e. The third-order valence-electron chi connectivity index (χ3n) is 4.17. The highest BCUT2D eigenvalue weighted by Gasteiger charge is 2.11. The molecule has 27 heavy (non-hydrogen) atoms. The van der Waals surface area contributed by atoms with Crippen LogP contribution in [-0.4, -0.2) is 15.5 Å². The zero-order valence-electron chi connectivity index (χ0n) is 14.4. The van der Waals surface area contributed by atoms with Crippen molar-refractivity contribution in [3.05, 3.63) is 69.6 Å². The molecule has 0 atom stereocenters. The Hall–Kier alpha value is -2.94. The molecular weight excluding hydrogens is 378 g/mol. The van der Waals surface area contributed by atoms with Gasteiger partial charge in [-0.05, 0) is 43.3 Å². The van der Waals surface area contributed by atoms with Crippen molar-refractivity contribution in [2.75, 3.05) is 0 Å². The molecule has 0 spiro atoms. The fraction of sp³-hybridized carbons (Fsp3) is 0.0952. The molecule has 0 unspecified atom stereocenters. The minimum atomic E-state index is -0.328. The molecule has 0 radical (unpaired) electrons. The number of aryl methyl sites for hydroxylation is 1. The predicted molar refractivity (Wildman–Crippen MR) is 110 cm³/mol. The van der Waals surface area contributed by atoms with E-state index in [1.54, 1.807) is 22.8 Å². The standard InChI is InChI=1S/C21H14ClN3OS/c1-3-11-25-19-16(22)5-4-6-18(19)27-21(25)24-20(26)15-9-10-17-14(12-15)8-7-13(2)23-17/h1,4-10,12H,11H2,2H3. The number of hydrogen-bond donors (Lipinski definition) is 0. The van der Waals surface area contributed by atoms with Gasteiger partial charge in [-0.25, -0.2) is 0 Å². The highest BCUT2D eigenvalue weighted by atomic mass is 35.5. The van der Waals surface area contributed by atoms with Crippen molar-refractivity contribution in [1.82, 2.24) is 9.55 Å². The van der Waals surface area contributed by atoms with E-state index >= 15 is 0 Å². The van der Waals surface area contributed by atoms with Crippen LogP contribution in [0.15, 0.2) is 53.5 Å². The molecule has 0 saturated heterocycles. The first-order valence-electron chi connectivity index (χ1n) is 8.24. The molecule has 2 aromatic heterocycles. The van der Waals surface area contributed by atoms with Crippen molar-refractivity contribution in [1.29, 1.82) is 0 Å². The lowest BCUT2D eigenvalue weighted by Gasteiger charge is -2.02. The number of para-hydroxylation sites is 1. The molecule has 0 aliphatic carbocycles. The van der Waals surface area contributed by atoms with Crippen molar-refractivity contribution in [3.8, 4) is 12.3 Å². The Labute approximate surface area is 164 Å². The second-order valence-corrected chi connectivity index (χ2v) is 7.45. The van der Waals surface area contributed by atoms with Gasteiger partial charge < -0.3 is 4.57 Å². The fourth-order valence-corrected chi connectivity index (χ4v) is 4.31. The lowest BCUT2D eigenvalue weighted by molar-refractivity contribution is 0.0998. The Morgan fingerprint density at radius 1 is 1.30 bits per heavy atom. The molecule has 4 rings (SSSR count). The van der Waals surface area contributed by atoms with E-state index < -0.39 is 0 Å². The molecule has 0 fully saturated rings. The number of benzene rings is 2. The quantitative estimate of drug-likeness (QED) is 0.469. The van der Waals surface area contributed by atoms with Gasteiger partial charge in [-0.3, -0.25) is 9.78 Å². The number of thiazole rings is 1. The van der Waals surface area contributed by atoms with Gasteiger partial charge in [-0.1, -0.05) is 41.0 Å². The van der Waals surface area contributed by atoms with Crippen LogP contribution in [0.3, 0.4) is 0 Å². The summed E-state index contributed by atoms with van der Waals surface area (Å²) < 4.78 is 2.73. The van der Waals surface area contributed by atoms with Gasteiger partial charge in [0.05, 0.1) is 27.3 Å². The summed E-state index contributed by atoms with van der Waals surface area (Å²) in [6.45, 7) is 2.22. The third kappa shape index (κ3) is 3.25. The van der Waals surface area contributed by atoms with Crippen LogP contribution in [0.25, 0.3) is 21.1 Å². The highest BCUT2D eigenvalue weighted by molar-refractivity contribution is 7.16. The summed E-state index contributed by atoms with van der Waals surface area (Å²) in [4.78, 5) is 22.1. The van der Waals surface area contributed by atoms with E-state index in [9.17, 15) is 4.79 Å². The number of rotatable bonds is 2. The summed E-state index contributed by atoms with van der Waals surface area (Å²) in [5.41, 5.74) is 3.09. The van der Waals surface area contributed by atoms with Gasteiger partial charge in [-0.2, -0.15) is 4.99 Å². The van der Waals surface area contributed by atoms with Gasteiger partial charge >= 0.3 is 0 Å². The molecule has 0 aliphatic heterocycles. The van der Waals surface area contributed by atoms with E-state index in [0.717, 1.165) is 26.8 Å². The molecule has 132 valence electrons. The van der Waals surface area contributed by atoms with Crippen LogP contribution >= 0.6 is 22.9 Å². The first kappa shape index (κ1) is 17.5. The van der Waals surface area contributed by atoms with Gasteiger partial charge in [0.15, 0.2) is 4.80 Å². The topological polar surface area (TPSA) is 47.2 Å². The molecule has 2 aromatic carbocycles. The number of halogens is 1. The van der Waals surface area contributed by atoms with Crippen molar-refractivity contribution in [3.63, 3.8) is 0 Å². The van der Waals surface area contributed by atoms with Crippen LogP contribution in [-0.2, 0) is 6.54 Å². The lowest BCUT2D eigenvalue weighted by Crippen LogP contribution is -2.16. The van der Waals surface area contributed by atoms with Gasteiger partial charge in [0.1, 0.15) is 0 Å². The van der Waals surface area contributed by atoms with Gasteiger partial charge in [0, 0.05) is 16.6 Å². The second kappa shape index (κ2) is 6.99. The first-order valence-corrected chi connectivity index (χ1v) is 9.44. The van der Waals surface area contributed by atoms with Gasteiger partial charge in [0.25, 0.3) is 5.91 Å². The maximum absolute atomic E-state index is 12.8. The smallest absolute Gasteiger partial charge is 0.279 e. The van der Waals surface area contributed by atoms with Crippen LogP contribution < -0.4 is 4.80 Å². The largest absolute Gasteiger partial charge is 0.303 e. The predicted octanol–water partition coefficient (Wildman–Crippen LogP) is 4.59. The number of carbonyl (C=O) groups is 1. The zero-order chi connectivity index (χ0) is 19.0. The monoisotopic (exact) mass is 391 g/mol. The van der Waals surface area contributed by atoms with Crippen molar-refractivity contribution in [2.45, 2.75) is 13.5 Å². The maximum atomic E-state index is 12.8. The summed E-state index contributed by atoms with van der Waals surface area (Å²) in [6.07, 6.45) is 5.50. The SMILES string of the molecule is C#CCn1c(=NC(=O)c2ccc3nc(C)ccc3c2)sc2cccc(Cl)c21. The number of carbonyl (C=O) groups excluding carboxylic acids is 1. The van der Waals surface area contributed by atoms with E-state index in [4.69, 9.17) is 18.0 Å². The summed E-state index contributed by atoms with van der Waals surface area (Å²) in [5.74, 6) is 2.28. The van der Waals surface area contributed by atoms with Gasteiger partial charge in [-0.15, -0.1) is 6.42 Å². The Morgan fingerprint density at radius 3 is 2.96 bits per heavy atom. The minimum absolute atomic E-state index is 0.288. The zero-order valence-corrected chi connectivity index (χ0v) is 16.0. The van der Waals surface area contributed by atoms with E-state index in [0.29, 0.717) is 15.4 Å². The molecule has 0 saturated carbocycles. The molecule has 0 N–H and O–H groups in total. The van der Waals surface area contributed by atoms with E-state index in [2.05, 4.69) is 15.9 Å². The van der Waals surface area contributed by atoms with E-state index in [1.807, 2.05) is 37.3 Å². The molecule has 1 amide bonds. The number of aromatic nitrogens is 2. The molecule has 0 aliphatic rings. The number of nitrogens with zero attached hydrogens (tertiary/aromatic N) is 3. The molecular formula is C21H14ClN3OS. The van der Waals surface area contributed by atoms with Gasteiger partial charge in [0.2, 0.25) is 0 Å². The van der Waals surface area contributed by atoms with E-state index in [-0.39, 0.29) is 12.5 Å². The molecule has 6 heteroatoms. The Morgan fingerprint density at radius 2 is 2.15 bits per heavy atom. The van der Waals surface area contributed by atoms with Crippen LogP contribution in [0.1, 0.15) is 16.1 Å².